The summed E-state index contributed by atoms with van der Waals surface area (Å²) in [5.74, 6) is -0.0984. The Kier molecular flexibility index (Phi) is 3.64. The average Bonchev–Trinajstić information content (AvgIpc) is 2.70. The van der Waals surface area contributed by atoms with Crippen LogP contribution < -0.4 is 11.1 Å². The Labute approximate surface area is 109 Å². The third-order valence-corrected chi connectivity index (χ3v) is 3.40. The minimum Gasteiger partial charge on any atom is -0.325 e. The molecule has 2 atom stereocenters. The van der Waals surface area contributed by atoms with E-state index in [1.54, 1.807) is 0 Å². The summed E-state index contributed by atoms with van der Waals surface area (Å²) in [6.45, 7) is 1.97. The molecule has 0 spiro atoms. The summed E-state index contributed by atoms with van der Waals surface area (Å²) in [6.07, 6.45) is 4.46. The van der Waals surface area contributed by atoms with E-state index >= 15 is 0 Å². The fourth-order valence-electron chi connectivity index (χ4n) is 1.88. The zero-order valence-corrected chi connectivity index (χ0v) is 11.2. The van der Waals surface area contributed by atoms with E-state index in [0.29, 0.717) is 6.42 Å². The molecule has 1 aliphatic rings. The monoisotopic (exact) mass is 294 g/mol. The summed E-state index contributed by atoms with van der Waals surface area (Å²) in [7, 11) is 0. The number of anilines is 1. The maximum absolute atomic E-state index is 12.0. The standard InChI is InChI=1S/C13H15BrN2O/c1-8-2-4-10(14)7-12(8)16-13(17)9-3-5-11(15)6-9/h2-5,7,9,11H,6,15H2,1H3,(H,16,17). The largest absolute Gasteiger partial charge is 0.325 e. The van der Waals surface area contributed by atoms with Gasteiger partial charge in [-0.05, 0) is 31.0 Å². The summed E-state index contributed by atoms with van der Waals surface area (Å²) < 4.78 is 0.956. The molecule has 1 aromatic rings. The molecule has 1 aliphatic carbocycles. The molecule has 3 N–H and O–H groups in total. The highest BCUT2D eigenvalue weighted by Crippen LogP contribution is 2.23. The van der Waals surface area contributed by atoms with Crippen LogP contribution in [0.5, 0.6) is 0 Å². The maximum atomic E-state index is 12.0. The summed E-state index contributed by atoms with van der Waals surface area (Å²) in [6, 6.07) is 5.84. The Hall–Kier alpha value is -1.13. The van der Waals surface area contributed by atoms with Gasteiger partial charge in [0.25, 0.3) is 0 Å². The van der Waals surface area contributed by atoms with Crippen molar-refractivity contribution < 1.29 is 4.79 Å². The number of amides is 1. The van der Waals surface area contributed by atoms with Gasteiger partial charge in [-0.25, -0.2) is 0 Å². The fraction of sp³-hybridized carbons (Fsp3) is 0.308. The number of aryl methyl sites for hydroxylation is 1. The lowest BCUT2D eigenvalue weighted by atomic mass is 10.1. The van der Waals surface area contributed by atoms with Crippen molar-refractivity contribution in [1.29, 1.82) is 0 Å². The van der Waals surface area contributed by atoms with Gasteiger partial charge in [-0.15, -0.1) is 0 Å². The zero-order valence-electron chi connectivity index (χ0n) is 9.61. The van der Waals surface area contributed by atoms with Gasteiger partial charge in [-0.3, -0.25) is 4.79 Å². The van der Waals surface area contributed by atoms with Crippen LogP contribution in [0.25, 0.3) is 0 Å². The molecule has 90 valence electrons. The number of hydrogen-bond acceptors (Lipinski definition) is 2. The quantitative estimate of drug-likeness (QED) is 0.824. The van der Waals surface area contributed by atoms with Crippen LogP contribution >= 0.6 is 15.9 Å². The first-order valence-electron chi connectivity index (χ1n) is 5.57. The second-order valence-corrected chi connectivity index (χ2v) is 5.26. The average molecular weight is 295 g/mol. The van der Waals surface area contributed by atoms with E-state index < -0.39 is 0 Å². The highest BCUT2D eigenvalue weighted by atomic mass is 79.9. The number of halogens is 1. The van der Waals surface area contributed by atoms with Crippen molar-refractivity contribution in [3.05, 3.63) is 40.4 Å². The van der Waals surface area contributed by atoms with Crippen LogP contribution in [0.15, 0.2) is 34.8 Å². The summed E-state index contributed by atoms with van der Waals surface area (Å²) in [5.41, 5.74) is 7.63. The van der Waals surface area contributed by atoms with Crippen LogP contribution in [-0.2, 0) is 4.79 Å². The SMILES string of the molecule is Cc1ccc(Br)cc1NC(=O)C1C=CC(N)C1. The van der Waals surface area contributed by atoms with Crippen molar-refractivity contribution >= 4 is 27.5 Å². The molecule has 17 heavy (non-hydrogen) atoms. The van der Waals surface area contributed by atoms with Crippen LogP contribution in [0.2, 0.25) is 0 Å². The molecule has 0 bridgehead atoms. The van der Waals surface area contributed by atoms with Crippen LogP contribution in [0.4, 0.5) is 5.69 Å². The zero-order chi connectivity index (χ0) is 12.4. The number of hydrogen-bond donors (Lipinski definition) is 2. The number of nitrogens with one attached hydrogen (secondary N) is 1. The van der Waals surface area contributed by atoms with E-state index in [-0.39, 0.29) is 17.9 Å². The minimum atomic E-state index is -0.108. The highest BCUT2D eigenvalue weighted by Gasteiger charge is 2.22. The van der Waals surface area contributed by atoms with E-state index in [9.17, 15) is 4.79 Å². The maximum Gasteiger partial charge on any atom is 0.231 e. The minimum absolute atomic E-state index is 0.00866. The van der Waals surface area contributed by atoms with Gasteiger partial charge in [-0.2, -0.15) is 0 Å². The Morgan fingerprint density at radius 1 is 1.47 bits per heavy atom. The molecule has 0 heterocycles. The van der Waals surface area contributed by atoms with Crippen LogP contribution in [0.3, 0.4) is 0 Å². The van der Waals surface area contributed by atoms with Crippen molar-refractivity contribution in [2.45, 2.75) is 19.4 Å². The molecule has 0 fully saturated rings. The summed E-state index contributed by atoms with van der Waals surface area (Å²) in [5, 5.41) is 2.94. The van der Waals surface area contributed by atoms with Gasteiger partial charge in [-0.1, -0.05) is 34.1 Å². The van der Waals surface area contributed by atoms with Crippen molar-refractivity contribution in [3.8, 4) is 0 Å². The van der Waals surface area contributed by atoms with E-state index in [1.807, 2.05) is 37.3 Å². The second-order valence-electron chi connectivity index (χ2n) is 4.34. The third-order valence-electron chi connectivity index (χ3n) is 2.91. The number of benzene rings is 1. The molecule has 1 amide bonds. The molecule has 0 aliphatic heterocycles. The molecular weight excluding hydrogens is 280 g/mol. The van der Waals surface area contributed by atoms with Crippen molar-refractivity contribution in [2.24, 2.45) is 11.7 Å². The van der Waals surface area contributed by atoms with Gasteiger partial charge in [0.2, 0.25) is 5.91 Å². The second kappa shape index (κ2) is 5.02. The predicted molar refractivity (Wildman–Crippen MR) is 72.7 cm³/mol. The predicted octanol–water partition coefficient (Wildman–Crippen LogP) is 2.60. The van der Waals surface area contributed by atoms with Gasteiger partial charge < -0.3 is 11.1 Å². The first kappa shape index (κ1) is 12.3. The van der Waals surface area contributed by atoms with Gasteiger partial charge >= 0.3 is 0 Å². The Bertz CT molecular complexity index is 470. The Morgan fingerprint density at radius 3 is 2.88 bits per heavy atom. The third kappa shape index (κ3) is 2.96. The molecule has 4 heteroatoms. The molecule has 1 aromatic carbocycles. The molecule has 0 saturated heterocycles. The first-order chi connectivity index (χ1) is 8.06. The van der Waals surface area contributed by atoms with Crippen molar-refractivity contribution in [3.63, 3.8) is 0 Å². The van der Waals surface area contributed by atoms with E-state index in [1.165, 1.54) is 0 Å². The van der Waals surface area contributed by atoms with Gasteiger partial charge in [0.1, 0.15) is 0 Å². The summed E-state index contributed by atoms with van der Waals surface area (Å²) >= 11 is 3.39. The first-order valence-corrected chi connectivity index (χ1v) is 6.36. The highest BCUT2D eigenvalue weighted by molar-refractivity contribution is 9.10. The molecule has 2 rings (SSSR count). The molecule has 3 nitrogen and oxygen atoms in total. The van der Waals surface area contributed by atoms with Gasteiger partial charge in [0, 0.05) is 16.2 Å². The topological polar surface area (TPSA) is 55.1 Å². The van der Waals surface area contributed by atoms with Gasteiger partial charge in [0.05, 0.1) is 5.92 Å². The van der Waals surface area contributed by atoms with E-state index in [4.69, 9.17) is 5.73 Å². The molecule has 0 saturated carbocycles. The smallest absolute Gasteiger partial charge is 0.231 e. The fourth-order valence-corrected chi connectivity index (χ4v) is 2.24. The van der Waals surface area contributed by atoms with E-state index in [2.05, 4.69) is 21.2 Å². The molecule has 2 unspecified atom stereocenters. The van der Waals surface area contributed by atoms with Crippen LogP contribution in [-0.4, -0.2) is 11.9 Å². The number of rotatable bonds is 2. The lowest BCUT2D eigenvalue weighted by molar-refractivity contribution is -0.118. The van der Waals surface area contributed by atoms with Gasteiger partial charge in [0.15, 0.2) is 0 Å². The summed E-state index contributed by atoms with van der Waals surface area (Å²) in [4.78, 5) is 12.0. The number of carbonyl (C=O) groups is 1. The van der Waals surface area contributed by atoms with Crippen molar-refractivity contribution in [1.82, 2.24) is 0 Å². The van der Waals surface area contributed by atoms with Crippen LogP contribution in [0, 0.1) is 12.8 Å². The van der Waals surface area contributed by atoms with E-state index in [0.717, 1.165) is 15.7 Å². The Morgan fingerprint density at radius 2 is 2.24 bits per heavy atom. The van der Waals surface area contributed by atoms with Crippen molar-refractivity contribution in [2.75, 3.05) is 5.32 Å². The molecule has 0 radical (unpaired) electrons. The lowest BCUT2D eigenvalue weighted by Crippen LogP contribution is -2.24. The number of nitrogens with two attached hydrogens (primary N) is 1. The molecular formula is C13H15BrN2O. The normalized spacial score (nSPS) is 22.8. The number of carbonyl (C=O) groups excluding carboxylic acids is 1. The Balaban J connectivity index is 2.08. The molecule has 0 aromatic heterocycles. The van der Waals surface area contributed by atoms with Crippen LogP contribution in [0.1, 0.15) is 12.0 Å². The lowest BCUT2D eigenvalue weighted by Gasteiger charge is -2.12.